The molecule has 0 bridgehead atoms. The lowest BCUT2D eigenvalue weighted by Gasteiger charge is -2.68. The summed E-state index contributed by atoms with van der Waals surface area (Å²) in [6.07, 6.45) is 3.82. The summed E-state index contributed by atoms with van der Waals surface area (Å²) in [4.78, 5) is 28.5. The van der Waals surface area contributed by atoms with Gasteiger partial charge in [-0.3, -0.25) is 9.69 Å². The van der Waals surface area contributed by atoms with Gasteiger partial charge in [-0.05, 0) is 26.0 Å². The van der Waals surface area contributed by atoms with Crippen LogP contribution >= 0.6 is 11.6 Å². The van der Waals surface area contributed by atoms with Gasteiger partial charge in [0.1, 0.15) is 24.5 Å². The number of carbonyl (C=O) groups excluding carboxylic acids is 1. The lowest BCUT2D eigenvalue weighted by atomic mass is 9.48. The molecule has 2 atom stereocenters. The highest BCUT2D eigenvalue weighted by Crippen LogP contribution is 2.63. The van der Waals surface area contributed by atoms with Crippen molar-refractivity contribution in [1.29, 1.82) is 5.26 Å². The fourth-order valence-electron chi connectivity index (χ4n) is 7.36. The number of ether oxygens (including phenoxy) is 2. The van der Waals surface area contributed by atoms with Crippen molar-refractivity contribution in [3.8, 4) is 11.8 Å². The Morgan fingerprint density at radius 2 is 1.89 bits per heavy atom. The highest BCUT2D eigenvalue weighted by molar-refractivity contribution is 6.31. The van der Waals surface area contributed by atoms with Gasteiger partial charge in [-0.2, -0.15) is 5.26 Å². The number of carboxylic acid groups (broad SMARTS) is 1. The van der Waals surface area contributed by atoms with Gasteiger partial charge in [0.2, 0.25) is 0 Å². The number of carboxylic acids is 1. The zero-order chi connectivity index (χ0) is 27.8. The maximum Gasteiger partial charge on any atom is 0.329 e. The van der Waals surface area contributed by atoms with Gasteiger partial charge in [-0.15, -0.1) is 0 Å². The number of aliphatic carboxylic acids is 1. The zero-order valence-electron chi connectivity index (χ0n) is 22.6. The van der Waals surface area contributed by atoms with E-state index in [1.54, 1.807) is 18.2 Å². The first-order chi connectivity index (χ1) is 17.7. The third kappa shape index (κ3) is 3.78. The molecule has 1 aromatic rings. The van der Waals surface area contributed by atoms with Gasteiger partial charge in [-0.1, -0.05) is 51.4 Å². The molecule has 0 radical (unpaired) electrons. The van der Waals surface area contributed by atoms with E-state index >= 15 is 0 Å². The van der Waals surface area contributed by atoms with E-state index in [0.29, 0.717) is 29.4 Å². The maximum atomic E-state index is 13.4. The molecule has 9 heteroatoms. The average molecular weight is 540 g/mol. The summed E-state index contributed by atoms with van der Waals surface area (Å²) in [5.41, 5.74) is 1.16. The molecule has 1 unspecified atom stereocenters. The van der Waals surface area contributed by atoms with Gasteiger partial charge in [0, 0.05) is 47.1 Å². The van der Waals surface area contributed by atoms with E-state index in [4.69, 9.17) is 26.2 Å². The van der Waals surface area contributed by atoms with Crippen molar-refractivity contribution in [1.82, 2.24) is 9.80 Å². The predicted octanol–water partition coefficient (Wildman–Crippen LogP) is 4.24. The minimum Gasteiger partial charge on any atom is -0.489 e. The van der Waals surface area contributed by atoms with E-state index < -0.39 is 5.97 Å². The third-order valence-corrected chi connectivity index (χ3v) is 9.43. The van der Waals surface area contributed by atoms with Crippen LogP contribution in [-0.2, 0) is 14.3 Å². The Balaban J connectivity index is 1.33. The summed E-state index contributed by atoms with van der Waals surface area (Å²) in [6.45, 7) is 13.9. The number of halogens is 1. The first-order valence-corrected chi connectivity index (χ1v) is 13.3. The second-order valence-electron chi connectivity index (χ2n) is 12.3. The summed E-state index contributed by atoms with van der Waals surface area (Å²) in [5.74, 6) is -0.313. The number of amides is 1. The topological polar surface area (TPSA) is 103 Å². The molecule has 2 aliphatic carbocycles. The van der Waals surface area contributed by atoms with Crippen LogP contribution in [0.5, 0.6) is 5.75 Å². The number of nitrogens with zero attached hydrogens (tertiary/aromatic N) is 3. The van der Waals surface area contributed by atoms with Crippen LogP contribution in [0.2, 0.25) is 5.02 Å². The first-order valence-electron chi connectivity index (χ1n) is 12.9. The Morgan fingerprint density at radius 1 is 1.24 bits per heavy atom. The highest BCUT2D eigenvalue weighted by Gasteiger charge is 2.70. The fraction of sp³-hybridized carbons (Fsp3) is 0.552. The molecule has 2 aliphatic heterocycles. The summed E-state index contributed by atoms with van der Waals surface area (Å²) < 4.78 is 11.9. The van der Waals surface area contributed by atoms with Crippen molar-refractivity contribution in [2.45, 2.75) is 65.8 Å². The smallest absolute Gasteiger partial charge is 0.329 e. The Bertz CT molecular complexity index is 1290. The quantitative estimate of drug-likeness (QED) is 0.527. The van der Waals surface area contributed by atoms with E-state index in [-0.39, 0.29) is 53.1 Å². The Labute approximate surface area is 228 Å². The molecule has 1 N–H and O–H groups in total. The molecule has 8 nitrogen and oxygen atoms in total. The SMILES string of the molecule is CC(N1CC(OCC(=O)O)C1)[C@]1(C)C=CC2=C1N([C@H]1C(C)(C)[C@H](Oc3ccc(C#N)c(Cl)c3)C1(C)C)C2=O. The van der Waals surface area contributed by atoms with Crippen molar-refractivity contribution < 1.29 is 24.2 Å². The first kappa shape index (κ1) is 26.7. The number of hydrogen-bond donors (Lipinski definition) is 1. The summed E-state index contributed by atoms with van der Waals surface area (Å²) in [5, 5.41) is 18.4. The Kier molecular flexibility index (Phi) is 6.22. The van der Waals surface area contributed by atoms with E-state index in [0.717, 1.165) is 11.3 Å². The van der Waals surface area contributed by atoms with Crippen molar-refractivity contribution >= 4 is 23.5 Å². The second-order valence-corrected chi connectivity index (χ2v) is 12.7. The molecule has 0 aromatic heterocycles. The van der Waals surface area contributed by atoms with Crippen molar-refractivity contribution in [3.63, 3.8) is 0 Å². The van der Waals surface area contributed by atoms with Gasteiger partial charge in [0.05, 0.1) is 28.3 Å². The average Bonchev–Trinajstić information content (AvgIpc) is 3.13. The van der Waals surface area contributed by atoms with E-state index in [1.807, 2.05) is 11.0 Å². The molecular formula is C29H34ClN3O5. The van der Waals surface area contributed by atoms with Gasteiger partial charge >= 0.3 is 5.97 Å². The van der Waals surface area contributed by atoms with Crippen LogP contribution in [0.4, 0.5) is 0 Å². The lowest BCUT2D eigenvalue weighted by molar-refractivity contribution is -0.210. The number of carbonyl (C=O) groups is 2. The monoisotopic (exact) mass is 539 g/mol. The van der Waals surface area contributed by atoms with Crippen molar-refractivity contribution in [2.24, 2.45) is 16.2 Å². The number of nitriles is 1. The Morgan fingerprint density at radius 3 is 2.47 bits per heavy atom. The standard InChI is InChI=1S/C29H34ClN3O5/c1-16(32-13-19(14-32)37-15-22(34)35)29(6)10-9-20-23(29)33(24(20)36)25-27(2,3)26(28(25,4)5)38-18-8-7-17(12-31)21(30)11-18/h7-11,16,19,25-26H,13-15H2,1-6H3,(H,34,35)/t16?,25-,26-,29-/m0/s1. The van der Waals surface area contributed by atoms with E-state index in [1.165, 1.54) is 0 Å². The predicted molar refractivity (Wildman–Crippen MR) is 141 cm³/mol. The molecule has 0 spiro atoms. The van der Waals surface area contributed by atoms with Crippen LogP contribution in [0.3, 0.4) is 0 Å². The van der Waals surface area contributed by atoms with Crippen molar-refractivity contribution in [2.75, 3.05) is 19.7 Å². The molecule has 1 saturated carbocycles. The highest BCUT2D eigenvalue weighted by atomic mass is 35.5. The molecule has 2 heterocycles. The van der Waals surface area contributed by atoms with Crippen LogP contribution in [0.1, 0.15) is 47.1 Å². The second kappa shape index (κ2) is 8.84. The van der Waals surface area contributed by atoms with E-state index in [9.17, 15) is 14.9 Å². The molecule has 1 saturated heterocycles. The fourth-order valence-corrected chi connectivity index (χ4v) is 7.57. The third-order valence-electron chi connectivity index (χ3n) is 9.12. The molecule has 202 valence electrons. The van der Waals surface area contributed by atoms with Gasteiger partial charge in [0.25, 0.3) is 5.91 Å². The molecule has 1 amide bonds. The van der Waals surface area contributed by atoms with Crippen LogP contribution in [-0.4, -0.2) is 70.8 Å². The minimum absolute atomic E-state index is 0.0458. The van der Waals surface area contributed by atoms with Crippen molar-refractivity contribution in [3.05, 3.63) is 52.2 Å². The number of likely N-dealkylation sites (tertiary alicyclic amines) is 1. The normalized spacial score (nSPS) is 30.2. The number of rotatable bonds is 8. The summed E-state index contributed by atoms with van der Waals surface area (Å²) >= 11 is 6.24. The molecule has 2 fully saturated rings. The summed E-state index contributed by atoms with van der Waals surface area (Å²) in [7, 11) is 0. The number of benzene rings is 1. The molecular weight excluding hydrogens is 506 g/mol. The minimum atomic E-state index is -0.962. The summed E-state index contributed by atoms with van der Waals surface area (Å²) in [6, 6.07) is 7.20. The molecule has 4 aliphatic rings. The van der Waals surface area contributed by atoms with Gasteiger partial charge in [-0.25, -0.2) is 4.79 Å². The molecule has 38 heavy (non-hydrogen) atoms. The van der Waals surface area contributed by atoms with Crippen LogP contribution in [0.25, 0.3) is 0 Å². The van der Waals surface area contributed by atoms with Gasteiger partial charge < -0.3 is 19.5 Å². The zero-order valence-corrected chi connectivity index (χ0v) is 23.4. The lowest BCUT2D eigenvalue weighted by Crippen LogP contribution is -2.77. The Hall–Kier alpha value is -2.86. The largest absolute Gasteiger partial charge is 0.489 e. The molecule has 1 aromatic carbocycles. The van der Waals surface area contributed by atoms with Crippen LogP contribution < -0.4 is 4.74 Å². The number of hydrogen-bond acceptors (Lipinski definition) is 6. The van der Waals surface area contributed by atoms with Gasteiger partial charge in [0.15, 0.2) is 0 Å². The van der Waals surface area contributed by atoms with Crippen LogP contribution in [0.15, 0.2) is 41.6 Å². The van der Waals surface area contributed by atoms with Crippen LogP contribution in [0, 0.1) is 27.6 Å². The maximum absolute atomic E-state index is 13.4. The van der Waals surface area contributed by atoms with E-state index in [2.05, 4.69) is 58.6 Å². The molecule has 5 rings (SSSR count).